The van der Waals surface area contributed by atoms with Crippen LogP contribution in [0, 0.1) is 0 Å². The van der Waals surface area contributed by atoms with Crippen molar-refractivity contribution in [1.82, 2.24) is 10.2 Å². The molecule has 5 heteroatoms. The lowest BCUT2D eigenvalue weighted by molar-refractivity contribution is 0.0906. The largest absolute Gasteiger partial charge is 0.497 e. The van der Waals surface area contributed by atoms with E-state index in [1.165, 1.54) is 5.56 Å². The second kappa shape index (κ2) is 10.1. The molecule has 5 nitrogen and oxygen atoms in total. The highest BCUT2D eigenvalue weighted by molar-refractivity contribution is 5.91. The molecule has 0 aliphatic heterocycles. The van der Waals surface area contributed by atoms with E-state index in [4.69, 9.17) is 9.15 Å². The van der Waals surface area contributed by atoms with Crippen LogP contribution in [0.5, 0.6) is 5.75 Å². The summed E-state index contributed by atoms with van der Waals surface area (Å²) in [5.74, 6) is 1.74. The second-order valence-corrected chi connectivity index (χ2v) is 7.72. The highest BCUT2D eigenvalue weighted by Gasteiger charge is 2.18. The number of rotatable bonds is 9. The number of furan rings is 1. The molecule has 0 bridgehead atoms. The van der Waals surface area contributed by atoms with Gasteiger partial charge in [-0.15, -0.1) is 0 Å². The number of ether oxygens (including phenoxy) is 1. The molecule has 0 saturated carbocycles. The van der Waals surface area contributed by atoms with Gasteiger partial charge in [0.1, 0.15) is 11.5 Å². The summed E-state index contributed by atoms with van der Waals surface area (Å²) in [5, 5.41) is 2.99. The molecule has 1 unspecified atom stereocenters. The van der Waals surface area contributed by atoms with E-state index >= 15 is 0 Å². The van der Waals surface area contributed by atoms with Gasteiger partial charge in [-0.3, -0.25) is 9.69 Å². The predicted octanol–water partition coefficient (Wildman–Crippen LogP) is 5.19. The number of methoxy groups -OCH3 is 1. The average Bonchev–Trinajstić information content (AvgIpc) is 3.22. The topological polar surface area (TPSA) is 54.7 Å². The molecule has 0 aliphatic carbocycles. The van der Waals surface area contributed by atoms with E-state index in [2.05, 4.69) is 30.1 Å². The molecule has 158 valence electrons. The SMILES string of the molecule is COc1cccc(CN(Cc2ccc(C(=O)NC(C)c3ccccc3)o2)C(C)C)c1. The van der Waals surface area contributed by atoms with Crippen molar-refractivity contribution < 1.29 is 13.9 Å². The van der Waals surface area contributed by atoms with Gasteiger partial charge in [0.05, 0.1) is 19.7 Å². The van der Waals surface area contributed by atoms with Crippen molar-refractivity contribution in [2.24, 2.45) is 0 Å². The Morgan fingerprint density at radius 2 is 1.77 bits per heavy atom. The minimum atomic E-state index is -0.207. The Bertz CT molecular complexity index is 950. The van der Waals surface area contributed by atoms with E-state index in [0.717, 1.165) is 23.6 Å². The summed E-state index contributed by atoms with van der Waals surface area (Å²) in [6, 6.07) is 21.8. The van der Waals surface area contributed by atoms with Gasteiger partial charge in [-0.05, 0) is 56.2 Å². The number of hydrogen-bond donors (Lipinski definition) is 1. The van der Waals surface area contributed by atoms with Crippen LogP contribution in [0.25, 0.3) is 0 Å². The smallest absolute Gasteiger partial charge is 0.287 e. The molecular weight excluding hydrogens is 376 g/mol. The fraction of sp³-hybridized carbons (Fsp3) is 0.320. The molecule has 1 amide bonds. The molecule has 3 aromatic rings. The first-order valence-electron chi connectivity index (χ1n) is 10.3. The Kier molecular flexibility index (Phi) is 7.31. The molecule has 0 aliphatic rings. The van der Waals surface area contributed by atoms with Crippen molar-refractivity contribution in [1.29, 1.82) is 0 Å². The zero-order valence-electron chi connectivity index (χ0n) is 18.1. The van der Waals surface area contributed by atoms with Crippen LogP contribution in [0.4, 0.5) is 0 Å². The highest BCUT2D eigenvalue weighted by atomic mass is 16.5. The van der Waals surface area contributed by atoms with Gasteiger partial charge in [0.25, 0.3) is 5.91 Å². The first-order chi connectivity index (χ1) is 14.5. The monoisotopic (exact) mass is 406 g/mol. The van der Waals surface area contributed by atoms with E-state index in [0.29, 0.717) is 18.3 Å². The van der Waals surface area contributed by atoms with Crippen molar-refractivity contribution in [3.63, 3.8) is 0 Å². The molecule has 0 fully saturated rings. The number of hydrogen-bond acceptors (Lipinski definition) is 4. The lowest BCUT2D eigenvalue weighted by Gasteiger charge is -2.25. The van der Waals surface area contributed by atoms with Crippen LogP contribution in [-0.4, -0.2) is 24.0 Å². The maximum atomic E-state index is 12.6. The van der Waals surface area contributed by atoms with Crippen LogP contribution in [0.1, 0.15) is 54.3 Å². The van der Waals surface area contributed by atoms with E-state index in [1.54, 1.807) is 13.2 Å². The van der Waals surface area contributed by atoms with Crippen molar-refractivity contribution in [3.8, 4) is 5.75 Å². The lowest BCUT2D eigenvalue weighted by Crippen LogP contribution is -2.29. The number of carbonyl (C=O) groups excluding carboxylic acids is 1. The molecule has 1 N–H and O–H groups in total. The molecule has 0 saturated heterocycles. The summed E-state index contributed by atoms with van der Waals surface area (Å²) in [5.41, 5.74) is 2.23. The standard InChI is InChI=1S/C25H30N2O3/c1-18(2)27(16-20-9-8-12-22(15-20)29-4)17-23-13-14-24(30-23)25(28)26-19(3)21-10-6-5-7-11-21/h5-15,18-19H,16-17H2,1-4H3,(H,26,28). The summed E-state index contributed by atoms with van der Waals surface area (Å²) in [4.78, 5) is 14.9. The summed E-state index contributed by atoms with van der Waals surface area (Å²) in [6.07, 6.45) is 0. The molecule has 0 radical (unpaired) electrons. The van der Waals surface area contributed by atoms with Gasteiger partial charge < -0.3 is 14.5 Å². The van der Waals surface area contributed by atoms with Crippen molar-refractivity contribution >= 4 is 5.91 Å². The Morgan fingerprint density at radius 3 is 2.47 bits per heavy atom. The molecular formula is C25H30N2O3. The first kappa shape index (κ1) is 21.7. The Hall–Kier alpha value is -3.05. The van der Waals surface area contributed by atoms with Crippen LogP contribution >= 0.6 is 0 Å². The minimum absolute atomic E-state index is 0.0903. The van der Waals surface area contributed by atoms with Crippen LogP contribution in [0.2, 0.25) is 0 Å². The number of amides is 1. The Morgan fingerprint density at radius 1 is 1.00 bits per heavy atom. The quantitative estimate of drug-likeness (QED) is 0.531. The number of carbonyl (C=O) groups is 1. The summed E-state index contributed by atoms with van der Waals surface area (Å²) < 4.78 is 11.2. The third-order valence-corrected chi connectivity index (χ3v) is 5.14. The molecule has 3 rings (SSSR count). The third kappa shape index (κ3) is 5.74. The van der Waals surface area contributed by atoms with Gasteiger partial charge in [-0.25, -0.2) is 0 Å². The number of benzene rings is 2. The fourth-order valence-corrected chi connectivity index (χ4v) is 3.30. The molecule has 2 aromatic carbocycles. The predicted molar refractivity (Wildman–Crippen MR) is 118 cm³/mol. The van der Waals surface area contributed by atoms with Gasteiger partial charge in [0.15, 0.2) is 5.76 Å². The van der Waals surface area contributed by atoms with Crippen LogP contribution in [0.3, 0.4) is 0 Å². The summed E-state index contributed by atoms with van der Waals surface area (Å²) in [7, 11) is 1.67. The van der Waals surface area contributed by atoms with Crippen LogP contribution in [0.15, 0.2) is 71.1 Å². The van der Waals surface area contributed by atoms with Crippen LogP contribution in [-0.2, 0) is 13.1 Å². The molecule has 1 atom stereocenters. The normalized spacial score (nSPS) is 12.2. The maximum absolute atomic E-state index is 12.6. The zero-order valence-corrected chi connectivity index (χ0v) is 18.1. The van der Waals surface area contributed by atoms with E-state index in [-0.39, 0.29) is 11.9 Å². The van der Waals surface area contributed by atoms with Gasteiger partial charge in [-0.2, -0.15) is 0 Å². The fourth-order valence-electron chi connectivity index (χ4n) is 3.30. The Balaban J connectivity index is 1.64. The third-order valence-electron chi connectivity index (χ3n) is 5.14. The van der Waals surface area contributed by atoms with Gasteiger partial charge >= 0.3 is 0 Å². The molecule has 1 aromatic heterocycles. The first-order valence-corrected chi connectivity index (χ1v) is 10.3. The number of nitrogens with one attached hydrogen (secondary N) is 1. The van der Waals surface area contributed by atoms with Crippen molar-refractivity contribution in [2.45, 2.75) is 45.9 Å². The number of nitrogens with zero attached hydrogens (tertiary/aromatic N) is 1. The van der Waals surface area contributed by atoms with Gasteiger partial charge in [0.2, 0.25) is 0 Å². The zero-order chi connectivity index (χ0) is 21.5. The maximum Gasteiger partial charge on any atom is 0.287 e. The summed E-state index contributed by atoms with van der Waals surface area (Å²) >= 11 is 0. The molecule has 0 spiro atoms. The highest BCUT2D eigenvalue weighted by Crippen LogP contribution is 2.19. The van der Waals surface area contributed by atoms with E-state index in [1.807, 2.05) is 61.5 Å². The lowest BCUT2D eigenvalue weighted by atomic mass is 10.1. The summed E-state index contributed by atoms with van der Waals surface area (Å²) in [6.45, 7) is 7.65. The van der Waals surface area contributed by atoms with E-state index in [9.17, 15) is 4.79 Å². The average molecular weight is 407 g/mol. The van der Waals surface area contributed by atoms with Crippen molar-refractivity contribution in [3.05, 3.63) is 89.4 Å². The van der Waals surface area contributed by atoms with E-state index < -0.39 is 0 Å². The Labute approximate surface area is 178 Å². The second-order valence-electron chi connectivity index (χ2n) is 7.72. The molecule has 30 heavy (non-hydrogen) atoms. The van der Waals surface area contributed by atoms with Gasteiger partial charge in [0, 0.05) is 12.6 Å². The van der Waals surface area contributed by atoms with Crippen molar-refractivity contribution in [2.75, 3.05) is 7.11 Å². The minimum Gasteiger partial charge on any atom is -0.497 e. The molecule has 1 heterocycles. The van der Waals surface area contributed by atoms with Crippen LogP contribution < -0.4 is 10.1 Å². The van der Waals surface area contributed by atoms with Gasteiger partial charge in [-0.1, -0.05) is 42.5 Å².